The molecular formula is C29H52N4O9S2Si2. The molecule has 0 spiro atoms. The number of aromatic nitrogens is 3. The molecule has 2 N–H and O–H groups in total. The summed E-state index contributed by atoms with van der Waals surface area (Å²) < 4.78 is 37.6. The van der Waals surface area contributed by atoms with Crippen molar-refractivity contribution < 1.29 is 42.2 Å². The Morgan fingerprint density at radius 2 is 1.46 bits per heavy atom. The van der Waals surface area contributed by atoms with Crippen LogP contribution < -0.4 is 5.73 Å². The van der Waals surface area contributed by atoms with Gasteiger partial charge in [0.05, 0.1) is 0 Å². The number of ether oxygens (including phenoxy) is 4. The fourth-order valence-electron chi connectivity index (χ4n) is 3.63. The van der Waals surface area contributed by atoms with Crippen molar-refractivity contribution in [1.82, 2.24) is 14.8 Å². The Kier molecular flexibility index (Phi) is 14.4. The summed E-state index contributed by atoms with van der Waals surface area (Å²) in [5.41, 5.74) is 5.79. The lowest BCUT2D eigenvalue weighted by molar-refractivity contribution is -0.138. The molecule has 2 unspecified atom stereocenters. The van der Waals surface area contributed by atoms with Gasteiger partial charge in [-0.3, -0.25) is 4.79 Å². The standard InChI is InChI=1S/C29H52N4O9S2Si2/c1-19(2)26(35)37-13-15-43-44-16-14-38-27(36)39-17-20-21(41-45(9,10)28(3,4)5)22(42-46(11,12)29(6,7)8)25(40-20)33-18-31-24(32-33)23(30)34/h18,20-22,25H,1,13-17H2,2-12H3,(H2,30,34)/t20-,21?,22?,25-/m1/s1. The largest absolute Gasteiger partial charge is 0.508 e. The molecule has 0 saturated carbocycles. The number of nitrogens with two attached hydrogens (primary N) is 1. The zero-order valence-electron chi connectivity index (χ0n) is 29.0. The highest BCUT2D eigenvalue weighted by Crippen LogP contribution is 2.45. The van der Waals surface area contributed by atoms with Crippen molar-refractivity contribution in [1.29, 1.82) is 0 Å². The number of carbonyl (C=O) groups excluding carboxylic acids is 3. The molecule has 1 aliphatic rings. The van der Waals surface area contributed by atoms with E-state index in [4.69, 9.17) is 33.5 Å². The molecule has 1 aromatic rings. The molecule has 17 heteroatoms. The summed E-state index contributed by atoms with van der Waals surface area (Å²) in [5, 5.41) is 4.00. The van der Waals surface area contributed by atoms with Gasteiger partial charge in [-0.25, -0.2) is 19.3 Å². The molecule has 13 nitrogen and oxygen atoms in total. The van der Waals surface area contributed by atoms with E-state index in [1.54, 1.807) is 6.92 Å². The van der Waals surface area contributed by atoms with Gasteiger partial charge in [0.25, 0.3) is 5.91 Å². The average molecular weight is 721 g/mol. The molecule has 4 atom stereocenters. The fourth-order valence-corrected chi connectivity index (χ4v) is 7.89. The fraction of sp³-hybridized carbons (Fsp3) is 0.759. The number of hydrogen-bond acceptors (Lipinski definition) is 13. The lowest BCUT2D eigenvalue weighted by Crippen LogP contribution is -2.54. The number of carbonyl (C=O) groups is 3. The lowest BCUT2D eigenvalue weighted by atomic mass is 10.1. The second kappa shape index (κ2) is 16.5. The van der Waals surface area contributed by atoms with Gasteiger partial charge in [0.2, 0.25) is 5.82 Å². The van der Waals surface area contributed by atoms with Crippen LogP contribution in [0.5, 0.6) is 0 Å². The normalized spacial score (nSPS) is 20.8. The Hall–Kier alpha value is -1.90. The maximum Gasteiger partial charge on any atom is 0.508 e. The first-order valence-electron chi connectivity index (χ1n) is 15.2. The highest BCUT2D eigenvalue weighted by atomic mass is 33.1. The van der Waals surface area contributed by atoms with E-state index in [-0.39, 0.29) is 35.7 Å². The third-order valence-corrected chi connectivity index (χ3v) is 19.6. The summed E-state index contributed by atoms with van der Waals surface area (Å²) in [6.07, 6.45) is -2.28. The van der Waals surface area contributed by atoms with E-state index in [1.165, 1.54) is 32.6 Å². The third-order valence-electron chi connectivity index (χ3n) is 8.33. The second-order valence-corrected chi connectivity index (χ2v) is 26.3. The first kappa shape index (κ1) is 40.3. The van der Waals surface area contributed by atoms with E-state index in [1.807, 2.05) is 0 Å². The molecule has 1 fully saturated rings. The van der Waals surface area contributed by atoms with Crippen LogP contribution in [0.3, 0.4) is 0 Å². The molecule has 2 rings (SSSR count). The van der Waals surface area contributed by atoms with Gasteiger partial charge in [-0.15, -0.1) is 5.10 Å². The average Bonchev–Trinajstić information content (AvgIpc) is 3.53. The highest BCUT2D eigenvalue weighted by molar-refractivity contribution is 8.76. The molecule has 0 aromatic carbocycles. The summed E-state index contributed by atoms with van der Waals surface area (Å²) in [4.78, 5) is 39.8. The van der Waals surface area contributed by atoms with Crippen molar-refractivity contribution in [2.45, 2.75) is 109 Å². The topological polar surface area (TPSA) is 163 Å². The number of amides is 1. The van der Waals surface area contributed by atoms with E-state index in [0.717, 1.165) is 0 Å². The van der Waals surface area contributed by atoms with Crippen LogP contribution in [0.2, 0.25) is 36.3 Å². The molecule has 0 bridgehead atoms. The molecule has 1 saturated heterocycles. The van der Waals surface area contributed by atoms with Crippen molar-refractivity contribution in [3.63, 3.8) is 0 Å². The smallest absolute Gasteiger partial charge is 0.461 e. The van der Waals surface area contributed by atoms with E-state index >= 15 is 0 Å². The van der Waals surface area contributed by atoms with Gasteiger partial charge in [0.1, 0.15) is 44.5 Å². The molecule has 2 heterocycles. The van der Waals surface area contributed by atoms with Crippen LogP contribution in [0.25, 0.3) is 0 Å². The van der Waals surface area contributed by atoms with Gasteiger partial charge in [-0.1, -0.05) is 69.7 Å². The molecule has 1 amide bonds. The molecule has 46 heavy (non-hydrogen) atoms. The van der Waals surface area contributed by atoms with Crippen LogP contribution in [-0.4, -0.2) is 99.1 Å². The molecule has 1 aromatic heterocycles. The van der Waals surface area contributed by atoms with Crippen LogP contribution in [0, 0.1) is 0 Å². The first-order valence-corrected chi connectivity index (χ1v) is 23.5. The van der Waals surface area contributed by atoms with Gasteiger partial charge in [0.15, 0.2) is 22.9 Å². The number of hydrogen-bond donors (Lipinski definition) is 1. The summed E-state index contributed by atoms with van der Waals surface area (Å²) in [7, 11) is -1.82. The third kappa shape index (κ3) is 11.4. The van der Waals surface area contributed by atoms with E-state index in [0.29, 0.717) is 17.1 Å². The van der Waals surface area contributed by atoms with Gasteiger partial charge in [0, 0.05) is 17.1 Å². The van der Waals surface area contributed by atoms with E-state index in [2.05, 4.69) is 84.4 Å². The summed E-state index contributed by atoms with van der Waals surface area (Å²) in [6, 6.07) is 0. The predicted molar refractivity (Wildman–Crippen MR) is 185 cm³/mol. The Bertz CT molecular complexity index is 1220. The first-order chi connectivity index (χ1) is 21.1. The summed E-state index contributed by atoms with van der Waals surface area (Å²) >= 11 is 0. The summed E-state index contributed by atoms with van der Waals surface area (Å²) in [6.45, 7) is 26.8. The van der Waals surface area contributed by atoms with Crippen LogP contribution >= 0.6 is 21.6 Å². The van der Waals surface area contributed by atoms with Gasteiger partial charge in [-0.2, -0.15) is 0 Å². The lowest BCUT2D eigenvalue weighted by Gasteiger charge is -2.44. The second-order valence-electron chi connectivity index (χ2n) is 14.1. The minimum atomic E-state index is -2.40. The number of esters is 1. The maximum absolute atomic E-state index is 12.6. The Morgan fingerprint density at radius 1 is 0.935 bits per heavy atom. The van der Waals surface area contributed by atoms with Crippen LogP contribution in [-0.2, 0) is 32.6 Å². The van der Waals surface area contributed by atoms with Crippen molar-refractivity contribution in [3.05, 3.63) is 24.3 Å². The van der Waals surface area contributed by atoms with Gasteiger partial charge in [-0.05, 0) is 43.2 Å². The SMILES string of the molecule is C=C(C)C(=O)OCCSSCCOC(=O)OC[C@H]1O[C@@H](n2cnc(C(N)=O)n2)C(O[Si](C)(C)C(C)(C)C)C1O[Si](C)(C)C(C)(C)C. The van der Waals surface area contributed by atoms with E-state index < -0.39 is 59.2 Å². The molecule has 0 radical (unpaired) electrons. The van der Waals surface area contributed by atoms with Crippen molar-refractivity contribution in [3.8, 4) is 0 Å². The Morgan fingerprint density at radius 3 is 1.93 bits per heavy atom. The summed E-state index contributed by atoms with van der Waals surface area (Å²) in [5.74, 6) is -0.221. The highest BCUT2D eigenvalue weighted by Gasteiger charge is 2.55. The predicted octanol–water partition coefficient (Wildman–Crippen LogP) is 5.71. The minimum Gasteiger partial charge on any atom is -0.461 e. The van der Waals surface area contributed by atoms with Gasteiger partial charge < -0.3 is 33.5 Å². The van der Waals surface area contributed by atoms with Crippen molar-refractivity contribution in [2.75, 3.05) is 31.3 Å². The van der Waals surface area contributed by atoms with Gasteiger partial charge >= 0.3 is 12.1 Å². The Labute approximate surface area is 283 Å². The van der Waals surface area contributed by atoms with Crippen molar-refractivity contribution >= 4 is 56.3 Å². The monoisotopic (exact) mass is 720 g/mol. The Balaban J connectivity index is 2.17. The van der Waals surface area contributed by atoms with Crippen molar-refractivity contribution in [2.24, 2.45) is 5.73 Å². The quantitative estimate of drug-likeness (QED) is 0.0727. The van der Waals surface area contributed by atoms with Crippen LogP contribution in [0.4, 0.5) is 4.79 Å². The molecule has 0 aliphatic carbocycles. The molecule has 262 valence electrons. The minimum absolute atomic E-state index is 0.131. The zero-order valence-corrected chi connectivity index (χ0v) is 32.7. The van der Waals surface area contributed by atoms with Crippen LogP contribution in [0.15, 0.2) is 18.5 Å². The molecular weight excluding hydrogens is 669 g/mol. The number of primary amides is 1. The molecule has 1 aliphatic heterocycles. The zero-order chi connectivity index (χ0) is 35.1. The number of rotatable bonds is 16. The number of nitrogens with zero attached hydrogens (tertiary/aromatic N) is 3. The maximum atomic E-state index is 12.6. The van der Waals surface area contributed by atoms with E-state index in [9.17, 15) is 14.4 Å². The van der Waals surface area contributed by atoms with Crippen LogP contribution in [0.1, 0.15) is 65.3 Å².